The van der Waals surface area contributed by atoms with E-state index in [0.717, 1.165) is 24.1 Å². The normalized spacial score (nSPS) is 15.1. The lowest BCUT2D eigenvalue weighted by Gasteiger charge is -2.03. The van der Waals surface area contributed by atoms with Gasteiger partial charge < -0.3 is 5.73 Å². The summed E-state index contributed by atoms with van der Waals surface area (Å²) in [6, 6.07) is 8.08. The molecule has 0 unspecified atom stereocenters. The summed E-state index contributed by atoms with van der Waals surface area (Å²) in [6.45, 7) is 0.587. The van der Waals surface area contributed by atoms with Gasteiger partial charge >= 0.3 is 5.69 Å². The van der Waals surface area contributed by atoms with Crippen LogP contribution in [0, 0.1) is 0 Å². The number of nitrogens with two attached hydrogens (primary N) is 1. The third-order valence-corrected chi connectivity index (χ3v) is 3.12. The van der Waals surface area contributed by atoms with Crippen LogP contribution in [0.25, 0.3) is 0 Å². The molecule has 0 amide bonds. The molecule has 4 nitrogen and oxygen atoms in total. The van der Waals surface area contributed by atoms with Crippen molar-refractivity contribution in [2.45, 2.75) is 25.4 Å². The smallest absolute Gasteiger partial charge is 0.328 e. The number of rotatable bonds is 3. The predicted octanol–water partition coefficient (Wildman–Crippen LogP) is 1.62. The number of hydrogen-bond acceptors (Lipinski definition) is 2. The van der Waals surface area contributed by atoms with Gasteiger partial charge in [-0.1, -0.05) is 12.1 Å². The first-order valence-electron chi connectivity index (χ1n) is 5.86. The number of anilines is 1. The van der Waals surface area contributed by atoms with Crippen LogP contribution in [0.1, 0.15) is 24.4 Å². The maximum atomic E-state index is 12.0. The third kappa shape index (κ3) is 1.98. The lowest BCUT2D eigenvalue weighted by molar-refractivity contribution is 0.656. The fourth-order valence-corrected chi connectivity index (χ4v) is 2.07. The summed E-state index contributed by atoms with van der Waals surface area (Å²) >= 11 is 0. The van der Waals surface area contributed by atoms with E-state index >= 15 is 0 Å². The van der Waals surface area contributed by atoms with Crippen molar-refractivity contribution in [3.8, 4) is 0 Å². The largest absolute Gasteiger partial charge is 0.399 e. The summed E-state index contributed by atoms with van der Waals surface area (Å²) < 4.78 is 3.55. The Bertz CT molecular complexity index is 593. The molecule has 2 N–H and O–H groups in total. The Morgan fingerprint density at radius 1 is 1.29 bits per heavy atom. The van der Waals surface area contributed by atoms with Gasteiger partial charge in [0.15, 0.2) is 0 Å². The van der Waals surface area contributed by atoms with Crippen molar-refractivity contribution in [2.75, 3.05) is 5.73 Å². The molecule has 0 radical (unpaired) electrons. The highest BCUT2D eigenvalue weighted by molar-refractivity contribution is 5.40. The zero-order valence-corrected chi connectivity index (χ0v) is 9.54. The lowest BCUT2D eigenvalue weighted by Crippen LogP contribution is -2.23. The van der Waals surface area contributed by atoms with Crippen LogP contribution in [-0.2, 0) is 6.54 Å². The number of hydrogen-bond donors (Lipinski definition) is 1. The number of imidazole rings is 1. The zero-order chi connectivity index (χ0) is 11.8. The Hall–Kier alpha value is -1.97. The summed E-state index contributed by atoms with van der Waals surface area (Å²) in [6.07, 6.45) is 5.99. The van der Waals surface area contributed by atoms with E-state index < -0.39 is 0 Å². The van der Waals surface area contributed by atoms with Crippen LogP contribution in [0.2, 0.25) is 0 Å². The lowest BCUT2D eigenvalue weighted by atomic mass is 10.2. The number of nitrogen functional groups attached to an aromatic ring is 1. The summed E-state index contributed by atoms with van der Waals surface area (Å²) in [5.74, 6) is 0. The topological polar surface area (TPSA) is 52.9 Å². The molecule has 17 heavy (non-hydrogen) atoms. The minimum atomic E-state index is 0.0786. The van der Waals surface area contributed by atoms with Crippen molar-refractivity contribution in [2.24, 2.45) is 0 Å². The predicted molar refractivity (Wildman–Crippen MR) is 66.9 cm³/mol. The minimum absolute atomic E-state index is 0.0786. The van der Waals surface area contributed by atoms with Crippen molar-refractivity contribution in [1.82, 2.24) is 9.13 Å². The molecule has 1 fully saturated rings. The minimum Gasteiger partial charge on any atom is -0.399 e. The van der Waals surface area contributed by atoms with E-state index in [1.807, 2.05) is 41.2 Å². The monoisotopic (exact) mass is 229 g/mol. The Balaban J connectivity index is 1.88. The van der Waals surface area contributed by atoms with Gasteiger partial charge in [-0.25, -0.2) is 4.79 Å². The summed E-state index contributed by atoms with van der Waals surface area (Å²) in [5, 5.41) is 0. The Morgan fingerprint density at radius 3 is 2.82 bits per heavy atom. The van der Waals surface area contributed by atoms with Gasteiger partial charge in [0.2, 0.25) is 0 Å². The second-order valence-electron chi connectivity index (χ2n) is 4.59. The molecular weight excluding hydrogens is 214 g/mol. The molecule has 3 rings (SSSR count). The van der Waals surface area contributed by atoms with Crippen LogP contribution in [-0.4, -0.2) is 9.13 Å². The Morgan fingerprint density at radius 2 is 2.12 bits per heavy atom. The van der Waals surface area contributed by atoms with Crippen molar-refractivity contribution in [3.63, 3.8) is 0 Å². The van der Waals surface area contributed by atoms with Crippen molar-refractivity contribution < 1.29 is 0 Å². The highest BCUT2D eigenvalue weighted by atomic mass is 16.1. The van der Waals surface area contributed by atoms with Crippen LogP contribution < -0.4 is 11.4 Å². The van der Waals surface area contributed by atoms with Crippen molar-refractivity contribution in [3.05, 3.63) is 52.7 Å². The van der Waals surface area contributed by atoms with E-state index in [0.29, 0.717) is 12.6 Å². The molecule has 2 aromatic rings. The van der Waals surface area contributed by atoms with Gasteiger partial charge in [-0.3, -0.25) is 9.13 Å². The molecule has 4 heteroatoms. The van der Waals surface area contributed by atoms with Crippen LogP contribution >= 0.6 is 0 Å². The third-order valence-electron chi connectivity index (χ3n) is 3.12. The molecule has 0 bridgehead atoms. The van der Waals surface area contributed by atoms with E-state index in [1.165, 1.54) is 0 Å². The summed E-state index contributed by atoms with van der Waals surface area (Å²) in [4.78, 5) is 12.0. The fraction of sp³-hybridized carbons (Fsp3) is 0.308. The van der Waals surface area contributed by atoms with Gasteiger partial charge in [0.25, 0.3) is 0 Å². The first-order chi connectivity index (χ1) is 8.24. The first-order valence-corrected chi connectivity index (χ1v) is 5.86. The first kappa shape index (κ1) is 10.2. The van der Waals surface area contributed by atoms with Gasteiger partial charge in [-0.05, 0) is 30.5 Å². The molecular formula is C13H15N3O. The molecule has 1 heterocycles. The van der Waals surface area contributed by atoms with E-state index in [2.05, 4.69) is 0 Å². The molecule has 1 aromatic carbocycles. The Kier molecular flexibility index (Phi) is 2.28. The number of aromatic nitrogens is 2. The summed E-state index contributed by atoms with van der Waals surface area (Å²) in [7, 11) is 0. The molecule has 0 spiro atoms. The second kappa shape index (κ2) is 3.80. The van der Waals surface area contributed by atoms with Gasteiger partial charge in [0.05, 0.1) is 6.54 Å². The molecule has 0 atom stereocenters. The Labute approximate surface area is 99.3 Å². The molecule has 1 aromatic heterocycles. The number of nitrogens with zero attached hydrogens (tertiary/aromatic N) is 2. The quantitative estimate of drug-likeness (QED) is 0.813. The standard InChI is InChI=1S/C13H15N3O/c14-11-3-1-2-10(8-11)9-15-6-7-16(13(15)17)12-4-5-12/h1-3,6-8,12H,4-5,9,14H2. The fourth-order valence-electron chi connectivity index (χ4n) is 2.07. The van der Waals surface area contributed by atoms with Crippen LogP contribution in [0.4, 0.5) is 5.69 Å². The molecule has 0 aliphatic heterocycles. The van der Waals surface area contributed by atoms with Gasteiger partial charge in [0.1, 0.15) is 0 Å². The average molecular weight is 229 g/mol. The molecule has 1 aliphatic carbocycles. The molecule has 88 valence electrons. The van der Waals surface area contributed by atoms with Crippen LogP contribution in [0.3, 0.4) is 0 Å². The SMILES string of the molecule is Nc1cccc(Cn2ccn(C3CC3)c2=O)c1. The van der Waals surface area contributed by atoms with Gasteiger partial charge in [-0.2, -0.15) is 0 Å². The molecule has 1 saturated carbocycles. The zero-order valence-electron chi connectivity index (χ0n) is 9.54. The molecule has 1 aliphatic rings. The second-order valence-corrected chi connectivity index (χ2v) is 4.59. The number of benzene rings is 1. The van der Waals surface area contributed by atoms with Gasteiger partial charge in [0, 0.05) is 24.1 Å². The van der Waals surface area contributed by atoms with E-state index in [-0.39, 0.29) is 5.69 Å². The maximum absolute atomic E-state index is 12.0. The van der Waals surface area contributed by atoms with Crippen molar-refractivity contribution >= 4 is 5.69 Å². The van der Waals surface area contributed by atoms with Gasteiger partial charge in [-0.15, -0.1) is 0 Å². The van der Waals surface area contributed by atoms with E-state index in [9.17, 15) is 4.79 Å². The van der Waals surface area contributed by atoms with Crippen LogP contribution in [0.5, 0.6) is 0 Å². The highest BCUT2D eigenvalue weighted by Crippen LogP contribution is 2.33. The van der Waals surface area contributed by atoms with E-state index in [1.54, 1.807) is 4.57 Å². The molecule has 0 saturated heterocycles. The van der Waals surface area contributed by atoms with E-state index in [4.69, 9.17) is 5.73 Å². The maximum Gasteiger partial charge on any atom is 0.328 e. The van der Waals surface area contributed by atoms with Crippen LogP contribution in [0.15, 0.2) is 41.5 Å². The highest BCUT2D eigenvalue weighted by Gasteiger charge is 2.25. The average Bonchev–Trinajstić information content (AvgIpc) is 3.07. The summed E-state index contributed by atoms with van der Waals surface area (Å²) in [5.41, 5.74) is 7.59. The van der Waals surface area contributed by atoms with Crippen molar-refractivity contribution in [1.29, 1.82) is 0 Å².